The molecule has 1 aliphatic carbocycles. The lowest BCUT2D eigenvalue weighted by Crippen LogP contribution is -2.53. The first kappa shape index (κ1) is 44.3. The van der Waals surface area contributed by atoms with Gasteiger partial charge in [-0.25, -0.2) is 14.8 Å². The van der Waals surface area contributed by atoms with E-state index in [-0.39, 0.29) is 41.8 Å². The second-order valence-electron chi connectivity index (χ2n) is 18.4. The molecular formula is C54H56N10O4. The van der Waals surface area contributed by atoms with Crippen LogP contribution in [0, 0.1) is 17.8 Å². The average molecular weight is 909 g/mol. The molecule has 3 aliphatic heterocycles. The van der Waals surface area contributed by atoms with Gasteiger partial charge in [-0.05, 0) is 92.1 Å². The zero-order valence-electron chi connectivity index (χ0n) is 38.2. The molecule has 4 atom stereocenters. The molecule has 10 rings (SSSR count). The molecule has 14 nitrogen and oxygen atoms in total. The number of hydrogen-bond donors (Lipinski definition) is 4. The fourth-order valence-electron chi connectivity index (χ4n) is 9.57. The summed E-state index contributed by atoms with van der Waals surface area (Å²) >= 11 is 0. The van der Waals surface area contributed by atoms with Crippen LogP contribution in [0.4, 0.5) is 4.79 Å². The minimum atomic E-state index is -0.809. The normalized spacial score (nSPS) is 19.2. The highest BCUT2D eigenvalue weighted by Gasteiger charge is 2.40. The predicted octanol–water partition coefficient (Wildman–Crippen LogP) is 7.16. The Hall–Kier alpha value is -7.50. The maximum Gasteiger partial charge on any atom is 0.318 e. The molecule has 346 valence electrons. The third-order valence-electron chi connectivity index (χ3n) is 13.7. The number of nitrogens with zero attached hydrogens (tertiary/aromatic N) is 6. The molecule has 1 saturated carbocycles. The molecule has 4 aliphatic rings. The summed E-state index contributed by atoms with van der Waals surface area (Å²) in [6.07, 6.45) is 8.61. The van der Waals surface area contributed by atoms with Crippen LogP contribution < -0.4 is 10.6 Å². The molecule has 5 amide bonds. The third-order valence-corrected chi connectivity index (χ3v) is 13.7. The number of aromatic nitrogens is 4. The number of urea groups is 1. The Bertz CT molecular complexity index is 2800. The summed E-state index contributed by atoms with van der Waals surface area (Å²) in [7, 11) is 2.05. The van der Waals surface area contributed by atoms with Crippen LogP contribution in [-0.2, 0) is 14.4 Å². The lowest BCUT2D eigenvalue weighted by molar-refractivity contribution is -0.138. The summed E-state index contributed by atoms with van der Waals surface area (Å²) < 4.78 is 0. The van der Waals surface area contributed by atoms with Crippen LogP contribution in [0.25, 0.3) is 22.5 Å². The number of likely N-dealkylation sites (tertiary alicyclic amines) is 2. The van der Waals surface area contributed by atoms with Crippen molar-refractivity contribution in [3.8, 4) is 34.4 Å². The molecule has 5 heterocycles. The summed E-state index contributed by atoms with van der Waals surface area (Å²) in [5, 5.41) is 6.12. The van der Waals surface area contributed by atoms with Crippen molar-refractivity contribution in [3.63, 3.8) is 0 Å². The Morgan fingerprint density at radius 1 is 0.574 bits per heavy atom. The van der Waals surface area contributed by atoms with Gasteiger partial charge < -0.3 is 40.2 Å². The molecule has 0 unspecified atom stereocenters. The Morgan fingerprint density at radius 2 is 1.03 bits per heavy atom. The molecule has 14 heteroatoms. The van der Waals surface area contributed by atoms with Gasteiger partial charge in [0.15, 0.2) is 0 Å². The van der Waals surface area contributed by atoms with Gasteiger partial charge in [0.2, 0.25) is 17.7 Å². The van der Waals surface area contributed by atoms with Gasteiger partial charge in [0.05, 0.1) is 35.9 Å². The van der Waals surface area contributed by atoms with Gasteiger partial charge in [0, 0.05) is 56.3 Å². The number of rotatable bonds is 11. The number of hydrogen-bond acceptors (Lipinski definition) is 7. The quantitative estimate of drug-likeness (QED) is 0.100. The fourth-order valence-corrected chi connectivity index (χ4v) is 9.57. The van der Waals surface area contributed by atoms with E-state index in [1.54, 1.807) is 4.90 Å². The molecule has 4 N–H and O–H groups in total. The number of nitrogens with one attached hydrogen (secondary N) is 4. The van der Waals surface area contributed by atoms with Crippen molar-refractivity contribution < 1.29 is 19.2 Å². The van der Waals surface area contributed by atoms with Crippen LogP contribution in [0.5, 0.6) is 0 Å². The monoisotopic (exact) mass is 908 g/mol. The fraction of sp³-hybridized carbons (Fsp3) is 0.333. The maximum absolute atomic E-state index is 14.3. The van der Waals surface area contributed by atoms with E-state index in [0.717, 1.165) is 108 Å². The second-order valence-corrected chi connectivity index (χ2v) is 18.4. The van der Waals surface area contributed by atoms with Crippen molar-refractivity contribution >= 4 is 23.8 Å². The second kappa shape index (κ2) is 19.8. The highest BCUT2D eigenvalue weighted by molar-refractivity contribution is 5.91. The minimum absolute atomic E-state index is 0.00318. The van der Waals surface area contributed by atoms with E-state index in [2.05, 4.69) is 37.3 Å². The number of aromatic amines is 2. The first-order valence-electron chi connectivity index (χ1n) is 23.8. The van der Waals surface area contributed by atoms with E-state index < -0.39 is 12.1 Å². The van der Waals surface area contributed by atoms with E-state index in [4.69, 9.17) is 9.97 Å². The Morgan fingerprint density at radius 3 is 1.49 bits per heavy atom. The highest BCUT2D eigenvalue weighted by Crippen LogP contribution is 2.37. The van der Waals surface area contributed by atoms with E-state index >= 15 is 0 Å². The first-order chi connectivity index (χ1) is 33.3. The number of imidazole rings is 2. The molecule has 4 aromatic carbocycles. The van der Waals surface area contributed by atoms with Crippen molar-refractivity contribution in [2.75, 3.05) is 46.3 Å². The molecule has 0 bridgehead atoms. The van der Waals surface area contributed by atoms with Crippen molar-refractivity contribution in [1.82, 2.24) is 50.2 Å². The summed E-state index contributed by atoms with van der Waals surface area (Å²) in [4.78, 5) is 78.9. The molecular weight excluding hydrogens is 853 g/mol. The topological polar surface area (TPSA) is 163 Å². The number of benzene rings is 4. The molecule has 3 saturated heterocycles. The summed E-state index contributed by atoms with van der Waals surface area (Å²) in [6.45, 7) is 4.00. The van der Waals surface area contributed by atoms with Crippen molar-refractivity contribution in [2.45, 2.75) is 62.7 Å². The van der Waals surface area contributed by atoms with Gasteiger partial charge in [-0.3, -0.25) is 14.4 Å². The van der Waals surface area contributed by atoms with E-state index in [1.165, 1.54) is 0 Å². The van der Waals surface area contributed by atoms with Crippen molar-refractivity contribution in [2.24, 2.45) is 5.92 Å². The van der Waals surface area contributed by atoms with Gasteiger partial charge in [-0.15, -0.1) is 0 Å². The largest absolute Gasteiger partial charge is 0.340 e. The summed E-state index contributed by atoms with van der Waals surface area (Å²) in [6, 6.07) is 32.8. The molecule has 0 radical (unpaired) electrons. The Balaban J connectivity index is 0.769. The van der Waals surface area contributed by atoms with Crippen LogP contribution in [0.1, 0.15) is 96.6 Å². The predicted molar refractivity (Wildman–Crippen MR) is 258 cm³/mol. The van der Waals surface area contributed by atoms with Gasteiger partial charge >= 0.3 is 6.03 Å². The number of likely N-dealkylation sites (N-methyl/N-ethyl adjacent to an activating group) is 1. The highest BCUT2D eigenvalue weighted by atomic mass is 16.2. The number of amides is 5. The van der Waals surface area contributed by atoms with E-state index in [0.29, 0.717) is 26.2 Å². The van der Waals surface area contributed by atoms with Crippen LogP contribution in [0.2, 0.25) is 0 Å². The Kier molecular flexibility index (Phi) is 12.9. The Labute approximate surface area is 396 Å². The van der Waals surface area contributed by atoms with Crippen molar-refractivity contribution in [3.05, 3.63) is 155 Å². The van der Waals surface area contributed by atoms with Gasteiger partial charge in [0.25, 0.3) is 0 Å². The zero-order chi connectivity index (χ0) is 46.6. The average Bonchev–Trinajstić information content (AvgIpc) is 3.82. The molecule has 6 aromatic rings. The van der Waals surface area contributed by atoms with Crippen molar-refractivity contribution in [1.29, 1.82) is 0 Å². The van der Waals surface area contributed by atoms with E-state index in [1.807, 2.05) is 138 Å². The molecule has 2 aromatic heterocycles. The third kappa shape index (κ3) is 9.80. The summed E-state index contributed by atoms with van der Waals surface area (Å²) in [5.41, 5.74) is 6.88. The van der Waals surface area contributed by atoms with Crippen LogP contribution >= 0.6 is 0 Å². The standard InChI is InChI=1S/C54H56N10O4/c1-61-30-32-62(33-31-61)54(68)60-48(41-12-6-3-7-13-41)53(67)64-29-9-15-46(64)50-56-35-44(58-50)39-24-20-37(21-25-39)17-16-36-18-22-38(23-19-36)43-34-55-49(57-43)45-14-8-28-63(45)52(66)47(40-10-4-2-5-11-40)59-51(65)42-26-27-42/h2-7,10-13,18-25,34-35,42,45-48H,8-9,14-15,26-33H2,1H3,(H,55,57)(H,56,58)(H,59,65)(H,60,68)/t45-,46-,47+,48+/m0/s1. The van der Waals surface area contributed by atoms with Crippen LogP contribution in [0.3, 0.4) is 0 Å². The molecule has 0 spiro atoms. The number of carbonyl (C=O) groups is 4. The zero-order valence-corrected chi connectivity index (χ0v) is 38.2. The first-order valence-corrected chi connectivity index (χ1v) is 23.8. The molecule has 4 fully saturated rings. The van der Waals surface area contributed by atoms with Gasteiger partial charge in [-0.2, -0.15) is 0 Å². The van der Waals surface area contributed by atoms with Gasteiger partial charge in [0.1, 0.15) is 23.7 Å². The summed E-state index contributed by atoms with van der Waals surface area (Å²) in [5.74, 6) is 7.71. The lowest BCUT2D eigenvalue weighted by Gasteiger charge is -2.34. The SMILES string of the molecule is CN1CCN(C(=O)N[C@@H](C(=O)N2CCC[C@H]2c2ncc(-c3ccc(C#Cc4ccc(-c5cnc([C@@H]6CCCN6C(=O)[C@H](NC(=O)C6CC6)c6ccccc6)[nH]5)cc4)cc3)[nH]2)c2ccccc2)CC1. The number of piperazine rings is 1. The van der Waals surface area contributed by atoms with Crippen LogP contribution in [-0.4, -0.2) is 110 Å². The number of carbonyl (C=O) groups excluding carboxylic acids is 4. The smallest absolute Gasteiger partial charge is 0.318 e. The number of H-pyrrole nitrogens is 2. The van der Waals surface area contributed by atoms with Crippen LogP contribution in [0.15, 0.2) is 122 Å². The maximum atomic E-state index is 14.3. The lowest BCUT2D eigenvalue weighted by atomic mass is 10.0. The molecule has 68 heavy (non-hydrogen) atoms. The minimum Gasteiger partial charge on any atom is -0.340 e. The van der Waals surface area contributed by atoms with E-state index in [9.17, 15) is 19.2 Å². The van der Waals surface area contributed by atoms with Gasteiger partial charge in [-0.1, -0.05) is 96.8 Å².